The number of carbonyl (C=O) groups excluding carboxylic acids is 1. The van der Waals surface area contributed by atoms with Crippen LogP contribution in [0.1, 0.15) is 16.7 Å². The highest BCUT2D eigenvalue weighted by atomic mass is 19.1. The van der Waals surface area contributed by atoms with E-state index in [9.17, 15) is 14.4 Å². The summed E-state index contributed by atoms with van der Waals surface area (Å²) in [4.78, 5) is 25.5. The Morgan fingerprint density at radius 3 is 2.65 bits per heavy atom. The molecule has 1 aliphatic rings. The van der Waals surface area contributed by atoms with Crippen molar-refractivity contribution in [1.82, 2.24) is 9.97 Å². The van der Waals surface area contributed by atoms with Crippen molar-refractivity contribution < 1.29 is 13.9 Å². The molecule has 1 aliphatic heterocycles. The summed E-state index contributed by atoms with van der Waals surface area (Å²) in [6.45, 7) is 3.72. The summed E-state index contributed by atoms with van der Waals surface area (Å²) >= 11 is 0. The molecule has 4 aromatic rings. The summed E-state index contributed by atoms with van der Waals surface area (Å²) in [5, 5.41) is 12.9. The number of nitriles is 1. The molecule has 2 aromatic heterocycles. The molecular formula is C31H29FN6O2. The van der Waals surface area contributed by atoms with Crippen molar-refractivity contribution in [1.29, 1.82) is 5.26 Å². The van der Waals surface area contributed by atoms with E-state index < -0.39 is 0 Å². The van der Waals surface area contributed by atoms with Crippen LogP contribution in [0.2, 0.25) is 0 Å². The van der Waals surface area contributed by atoms with E-state index in [0.29, 0.717) is 61.1 Å². The van der Waals surface area contributed by atoms with Gasteiger partial charge in [-0.15, -0.1) is 0 Å². The Morgan fingerprint density at radius 2 is 1.90 bits per heavy atom. The lowest BCUT2D eigenvalue weighted by atomic mass is 10.0. The fraction of sp³-hybridized carbons (Fsp3) is 0.226. The van der Waals surface area contributed by atoms with Gasteiger partial charge < -0.3 is 19.9 Å². The Kier molecular flexibility index (Phi) is 8.59. The van der Waals surface area contributed by atoms with Crippen LogP contribution in [0.15, 0.2) is 79.0 Å². The average Bonchev–Trinajstić information content (AvgIpc) is 3.01. The predicted molar refractivity (Wildman–Crippen MR) is 152 cm³/mol. The molecule has 2 aromatic carbocycles. The maximum absolute atomic E-state index is 13.7. The van der Waals surface area contributed by atoms with Gasteiger partial charge in [-0.2, -0.15) is 5.26 Å². The van der Waals surface area contributed by atoms with E-state index in [-0.39, 0.29) is 5.82 Å². The standard InChI is InChI=1S/C31H29FN6O2/c32-26-6-3-4-23(18-26)12-13-34-31-29(10-9-28(36-31)27-7-2-1-5-25(27)19-33)38(22-39)21-24-8-11-30(35-20-24)37-14-16-40-17-15-37/h1-11,18,20,22H,12-17,21H2,(H,34,36). The lowest BCUT2D eigenvalue weighted by Crippen LogP contribution is -2.36. The molecule has 5 rings (SSSR count). The third-order valence-corrected chi connectivity index (χ3v) is 6.73. The third-order valence-electron chi connectivity index (χ3n) is 6.73. The van der Waals surface area contributed by atoms with Gasteiger partial charge in [0, 0.05) is 31.4 Å². The van der Waals surface area contributed by atoms with Crippen molar-refractivity contribution in [3.63, 3.8) is 0 Å². The molecular weight excluding hydrogens is 507 g/mol. The van der Waals surface area contributed by atoms with Crippen LogP contribution in [0.25, 0.3) is 11.3 Å². The number of morpholine rings is 1. The molecule has 0 aliphatic carbocycles. The smallest absolute Gasteiger partial charge is 0.214 e. The predicted octanol–water partition coefficient (Wildman–Crippen LogP) is 4.81. The first-order chi connectivity index (χ1) is 19.6. The number of anilines is 3. The Bertz CT molecular complexity index is 1500. The quantitative estimate of drug-likeness (QED) is 0.291. The molecule has 9 heteroatoms. The summed E-state index contributed by atoms with van der Waals surface area (Å²) < 4.78 is 19.1. The lowest BCUT2D eigenvalue weighted by Gasteiger charge is -2.28. The molecule has 0 atom stereocenters. The Balaban J connectivity index is 1.40. The molecule has 1 saturated heterocycles. The second kappa shape index (κ2) is 12.8. The summed E-state index contributed by atoms with van der Waals surface area (Å²) in [6, 6.07) is 23.5. The van der Waals surface area contributed by atoms with Crippen molar-refractivity contribution >= 4 is 23.7 Å². The minimum atomic E-state index is -0.285. The fourth-order valence-corrected chi connectivity index (χ4v) is 4.65. The second-order valence-corrected chi connectivity index (χ2v) is 9.39. The molecule has 0 saturated carbocycles. The molecule has 8 nitrogen and oxygen atoms in total. The highest BCUT2D eigenvalue weighted by molar-refractivity contribution is 5.83. The SMILES string of the molecule is N#Cc1ccccc1-c1ccc(N(C=O)Cc2ccc(N3CCOCC3)nc2)c(NCCc2cccc(F)c2)n1. The zero-order chi connectivity index (χ0) is 27.7. The number of aromatic nitrogens is 2. The van der Waals surface area contributed by atoms with Crippen LogP contribution >= 0.6 is 0 Å². The Morgan fingerprint density at radius 1 is 1.05 bits per heavy atom. The number of ether oxygens (including phenoxy) is 1. The molecule has 1 N–H and O–H groups in total. The summed E-state index contributed by atoms with van der Waals surface area (Å²) in [7, 11) is 0. The first kappa shape index (κ1) is 26.8. The number of carbonyl (C=O) groups is 1. The topological polar surface area (TPSA) is 94.4 Å². The molecule has 1 fully saturated rings. The van der Waals surface area contributed by atoms with Gasteiger partial charge in [-0.1, -0.05) is 36.4 Å². The number of hydrogen-bond donors (Lipinski definition) is 1. The first-order valence-corrected chi connectivity index (χ1v) is 13.1. The number of halogens is 1. The molecule has 0 spiro atoms. The van der Waals surface area contributed by atoms with Crippen molar-refractivity contribution in [3.05, 3.63) is 102 Å². The summed E-state index contributed by atoms with van der Waals surface area (Å²) in [5.41, 5.74) is 4.12. The molecule has 0 unspecified atom stereocenters. The number of nitrogens with zero attached hydrogens (tertiary/aromatic N) is 5. The molecule has 1 amide bonds. The maximum atomic E-state index is 13.7. The van der Waals surface area contributed by atoms with Crippen molar-refractivity contribution in [2.24, 2.45) is 0 Å². The number of hydrogen-bond acceptors (Lipinski definition) is 7. The number of nitrogens with one attached hydrogen (secondary N) is 1. The van der Waals surface area contributed by atoms with Gasteiger partial charge in [-0.05, 0) is 53.9 Å². The molecule has 0 bridgehead atoms. The lowest BCUT2D eigenvalue weighted by molar-refractivity contribution is -0.107. The van der Waals surface area contributed by atoms with Crippen LogP contribution in [0, 0.1) is 17.1 Å². The zero-order valence-electron chi connectivity index (χ0n) is 22.0. The number of benzene rings is 2. The zero-order valence-corrected chi connectivity index (χ0v) is 22.0. The van der Waals surface area contributed by atoms with Crippen LogP contribution in [-0.2, 0) is 22.5 Å². The highest BCUT2D eigenvalue weighted by Gasteiger charge is 2.17. The number of amides is 1. The van der Waals surface area contributed by atoms with Gasteiger partial charge in [0.25, 0.3) is 0 Å². The van der Waals surface area contributed by atoms with Gasteiger partial charge >= 0.3 is 0 Å². The molecule has 3 heterocycles. The van der Waals surface area contributed by atoms with Crippen molar-refractivity contribution in [3.8, 4) is 17.3 Å². The summed E-state index contributed by atoms with van der Waals surface area (Å²) in [5.74, 6) is 1.09. The second-order valence-electron chi connectivity index (χ2n) is 9.39. The third kappa shape index (κ3) is 6.42. The fourth-order valence-electron chi connectivity index (χ4n) is 4.65. The van der Waals surface area contributed by atoms with Gasteiger partial charge in [0.15, 0.2) is 5.82 Å². The maximum Gasteiger partial charge on any atom is 0.214 e. The van der Waals surface area contributed by atoms with E-state index in [1.807, 2.05) is 36.4 Å². The van der Waals surface area contributed by atoms with E-state index in [1.165, 1.54) is 12.1 Å². The molecule has 40 heavy (non-hydrogen) atoms. The van der Waals surface area contributed by atoms with Crippen LogP contribution < -0.4 is 15.1 Å². The van der Waals surface area contributed by atoms with E-state index in [0.717, 1.165) is 36.4 Å². The Labute approximate surface area is 232 Å². The normalized spacial score (nSPS) is 12.9. The van der Waals surface area contributed by atoms with Crippen molar-refractivity contribution in [2.75, 3.05) is 48.0 Å². The first-order valence-electron chi connectivity index (χ1n) is 13.1. The number of pyridine rings is 2. The minimum absolute atomic E-state index is 0.285. The highest BCUT2D eigenvalue weighted by Crippen LogP contribution is 2.30. The monoisotopic (exact) mass is 536 g/mol. The van der Waals surface area contributed by atoms with Gasteiger partial charge in [0.05, 0.1) is 42.8 Å². The number of rotatable bonds is 10. The van der Waals surface area contributed by atoms with Crippen LogP contribution in [0.3, 0.4) is 0 Å². The van der Waals surface area contributed by atoms with E-state index >= 15 is 0 Å². The summed E-state index contributed by atoms with van der Waals surface area (Å²) in [6.07, 6.45) is 3.11. The van der Waals surface area contributed by atoms with Gasteiger partial charge in [-0.25, -0.2) is 14.4 Å². The van der Waals surface area contributed by atoms with Gasteiger partial charge in [0.1, 0.15) is 11.6 Å². The molecule has 0 radical (unpaired) electrons. The minimum Gasteiger partial charge on any atom is -0.378 e. The largest absolute Gasteiger partial charge is 0.378 e. The van der Waals surface area contributed by atoms with Gasteiger partial charge in [0.2, 0.25) is 6.41 Å². The van der Waals surface area contributed by atoms with E-state index in [4.69, 9.17) is 9.72 Å². The van der Waals surface area contributed by atoms with Crippen LogP contribution in [0.5, 0.6) is 0 Å². The van der Waals surface area contributed by atoms with Crippen molar-refractivity contribution in [2.45, 2.75) is 13.0 Å². The van der Waals surface area contributed by atoms with E-state index in [1.54, 1.807) is 35.4 Å². The van der Waals surface area contributed by atoms with Gasteiger partial charge in [-0.3, -0.25) is 4.79 Å². The average molecular weight is 537 g/mol. The van der Waals surface area contributed by atoms with Crippen LogP contribution in [-0.4, -0.2) is 49.2 Å². The molecule has 202 valence electrons. The van der Waals surface area contributed by atoms with E-state index in [2.05, 4.69) is 21.3 Å². The van der Waals surface area contributed by atoms with Crippen LogP contribution in [0.4, 0.5) is 21.7 Å². The Hall–Kier alpha value is -4.81.